The predicted octanol–water partition coefficient (Wildman–Crippen LogP) is 1.87. The van der Waals surface area contributed by atoms with Gasteiger partial charge in [0.1, 0.15) is 11.5 Å². The second kappa shape index (κ2) is 6.99. The van der Waals surface area contributed by atoms with Gasteiger partial charge in [0.15, 0.2) is 0 Å². The van der Waals surface area contributed by atoms with E-state index in [1.54, 1.807) is 32.4 Å². The highest BCUT2D eigenvalue weighted by Crippen LogP contribution is 2.29. The zero-order valence-corrected chi connectivity index (χ0v) is 11.9. The number of methoxy groups -OCH3 is 2. The van der Waals surface area contributed by atoms with E-state index >= 15 is 0 Å². The molecule has 0 spiro atoms. The summed E-state index contributed by atoms with van der Waals surface area (Å²) in [6.07, 6.45) is 0. The lowest BCUT2D eigenvalue weighted by molar-refractivity contribution is -0.120. The first kappa shape index (κ1) is 15.3. The molecule has 0 aromatic heterocycles. The lowest BCUT2D eigenvalue weighted by Crippen LogP contribution is -2.33. The van der Waals surface area contributed by atoms with Gasteiger partial charge in [0.2, 0.25) is 5.91 Å². The second-order valence-electron chi connectivity index (χ2n) is 4.64. The Morgan fingerprint density at radius 3 is 2.47 bits per heavy atom. The standard InChI is InChI=1S/C14H22N2O3/c1-9(2)11(8-15)14(17)16-12-7-10(18-3)5-6-13(12)19-4/h5-7,9,11H,8,15H2,1-4H3,(H,16,17). The molecule has 1 atom stereocenters. The minimum atomic E-state index is -0.226. The zero-order valence-electron chi connectivity index (χ0n) is 11.9. The van der Waals surface area contributed by atoms with Crippen LogP contribution in [0.5, 0.6) is 11.5 Å². The highest BCUT2D eigenvalue weighted by Gasteiger charge is 2.21. The third-order valence-electron chi connectivity index (χ3n) is 3.06. The molecule has 0 heterocycles. The van der Waals surface area contributed by atoms with Crippen molar-refractivity contribution >= 4 is 11.6 Å². The van der Waals surface area contributed by atoms with Crippen LogP contribution < -0.4 is 20.5 Å². The van der Waals surface area contributed by atoms with E-state index in [1.165, 1.54) is 0 Å². The van der Waals surface area contributed by atoms with E-state index in [0.717, 1.165) is 0 Å². The maximum absolute atomic E-state index is 12.2. The van der Waals surface area contributed by atoms with Crippen LogP contribution in [0.4, 0.5) is 5.69 Å². The Labute approximate surface area is 114 Å². The largest absolute Gasteiger partial charge is 0.497 e. The molecule has 0 aliphatic heterocycles. The molecule has 0 saturated carbocycles. The number of hydrogen-bond donors (Lipinski definition) is 2. The van der Waals surface area contributed by atoms with Crippen molar-refractivity contribution in [2.24, 2.45) is 17.6 Å². The molecule has 0 aliphatic carbocycles. The quantitative estimate of drug-likeness (QED) is 0.824. The fourth-order valence-corrected chi connectivity index (χ4v) is 1.82. The first-order valence-corrected chi connectivity index (χ1v) is 6.26. The zero-order chi connectivity index (χ0) is 14.4. The van der Waals surface area contributed by atoms with Crippen molar-refractivity contribution < 1.29 is 14.3 Å². The van der Waals surface area contributed by atoms with Gasteiger partial charge in [-0.2, -0.15) is 0 Å². The summed E-state index contributed by atoms with van der Waals surface area (Å²) >= 11 is 0. The lowest BCUT2D eigenvalue weighted by atomic mass is 9.95. The van der Waals surface area contributed by atoms with E-state index in [-0.39, 0.29) is 17.7 Å². The molecule has 1 amide bonds. The number of nitrogens with two attached hydrogens (primary N) is 1. The summed E-state index contributed by atoms with van der Waals surface area (Å²) in [5.74, 6) is 1.10. The molecule has 1 aromatic rings. The number of carbonyl (C=O) groups is 1. The van der Waals surface area contributed by atoms with Crippen LogP contribution in [0.3, 0.4) is 0 Å². The van der Waals surface area contributed by atoms with Gasteiger partial charge in [0.05, 0.1) is 25.8 Å². The van der Waals surface area contributed by atoms with E-state index in [4.69, 9.17) is 15.2 Å². The van der Waals surface area contributed by atoms with Gasteiger partial charge in [0.25, 0.3) is 0 Å². The van der Waals surface area contributed by atoms with Crippen LogP contribution in [0, 0.1) is 11.8 Å². The average Bonchev–Trinajstić information content (AvgIpc) is 2.38. The van der Waals surface area contributed by atoms with Crippen LogP contribution in [-0.2, 0) is 4.79 Å². The van der Waals surface area contributed by atoms with Crippen LogP contribution in [0.15, 0.2) is 18.2 Å². The number of rotatable bonds is 6. The minimum Gasteiger partial charge on any atom is -0.497 e. The van der Waals surface area contributed by atoms with Crippen molar-refractivity contribution in [1.82, 2.24) is 0 Å². The smallest absolute Gasteiger partial charge is 0.229 e. The number of carbonyl (C=O) groups excluding carboxylic acids is 1. The topological polar surface area (TPSA) is 73.6 Å². The Hall–Kier alpha value is -1.75. The summed E-state index contributed by atoms with van der Waals surface area (Å²) in [7, 11) is 3.13. The SMILES string of the molecule is COc1ccc(OC)c(NC(=O)C(CN)C(C)C)c1. The third-order valence-corrected chi connectivity index (χ3v) is 3.06. The molecule has 1 unspecified atom stereocenters. The van der Waals surface area contributed by atoms with Crippen LogP contribution in [-0.4, -0.2) is 26.7 Å². The van der Waals surface area contributed by atoms with Crippen LogP contribution in [0.2, 0.25) is 0 Å². The molecule has 1 rings (SSSR count). The summed E-state index contributed by atoms with van der Waals surface area (Å²) in [6, 6.07) is 5.25. The minimum absolute atomic E-state index is 0.107. The van der Waals surface area contributed by atoms with Crippen molar-refractivity contribution in [3.8, 4) is 11.5 Å². The van der Waals surface area contributed by atoms with Gasteiger partial charge in [-0.25, -0.2) is 0 Å². The maximum atomic E-state index is 12.2. The number of hydrogen-bond acceptors (Lipinski definition) is 4. The van der Waals surface area contributed by atoms with Gasteiger partial charge in [-0.3, -0.25) is 4.79 Å². The lowest BCUT2D eigenvalue weighted by Gasteiger charge is -2.19. The number of amides is 1. The molecule has 1 aromatic carbocycles. The molecule has 5 nitrogen and oxygen atoms in total. The molecular weight excluding hydrogens is 244 g/mol. The molecule has 3 N–H and O–H groups in total. The molecular formula is C14H22N2O3. The predicted molar refractivity (Wildman–Crippen MR) is 75.6 cm³/mol. The molecule has 0 radical (unpaired) electrons. The Kier molecular flexibility index (Phi) is 5.63. The van der Waals surface area contributed by atoms with Crippen LogP contribution in [0.1, 0.15) is 13.8 Å². The van der Waals surface area contributed by atoms with Crippen molar-refractivity contribution in [1.29, 1.82) is 0 Å². The van der Waals surface area contributed by atoms with E-state index in [0.29, 0.717) is 23.7 Å². The van der Waals surface area contributed by atoms with E-state index in [2.05, 4.69) is 5.32 Å². The van der Waals surface area contributed by atoms with E-state index in [9.17, 15) is 4.79 Å². The number of anilines is 1. The van der Waals surface area contributed by atoms with Crippen molar-refractivity contribution in [2.75, 3.05) is 26.1 Å². The van der Waals surface area contributed by atoms with Crippen molar-refractivity contribution in [3.63, 3.8) is 0 Å². The summed E-state index contributed by atoms with van der Waals surface area (Å²) in [4.78, 5) is 12.2. The number of benzene rings is 1. The van der Waals surface area contributed by atoms with Crippen molar-refractivity contribution in [2.45, 2.75) is 13.8 Å². The third kappa shape index (κ3) is 3.86. The Morgan fingerprint density at radius 2 is 2.00 bits per heavy atom. The first-order chi connectivity index (χ1) is 9.03. The fourth-order valence-electron chi connectivity index (χ4n) is 1.82. The molecule has 19 heavy (non-hydrogen) atoms. The normalized spacial score (nSPS) is 12.1. The Morgan fingerprint density at radius 1 is 1.32 bits per heavy atom. The maximum Gasteiger partial charge on any atom is 0.229 e. The molecule has 0 bridgehead atoms. The average molecular weight is 266 g/mol. The number of nitrogens with one attached hydrogen (secondary N) is 1. The summed E-state index contributed by atoms with van der Waals surface area (Å²) < 4.78 is 10.4. The van der Waals surface area contributed by atoms with Gasteiger partial charge in [-0.05, 0) is 18.1 Å². The summed E-state index contributed by atoms with van der Waals surface area (Å²) in [5, 5.41) is 2.84. The fraction of sp³-hybridized carbons (Fsp3) is 0.500. The van der Waals surface area contributed by atoms with E-state index in [1.807, 2.05) is 13.8 Å². The van der Waals surface area contributed by atoms with Gasteiger partial charge >= 0.3 is 0 Å². The van der Waals surface area contributed by atoms with Crippen LogP contribution in [0.25, 0.3) is 0 Å². The summed E-state index contributed by atoms with van der Waals surface area (Å²) in [6.45, 7) is 4.26. The molecule has 0 fully saturated rings. The molecule has 106 valence electrons. The molecule has 5 heteroatoms. The van der Waals surface area contributed by atoms with Gasteiger partial charge < -0.3 is 20.5 Å². The summed E-state index contributed by atoms with van der Waals surface area (Å²) in [5.41, 5.74) is 6.23. The van der Waals surface area contributed by atoms with E-state index < -0.39 is 0 Å². The van der Waals surface area contributed by atoms with Crippen molar-refractivity contribution in [3.05, 3.63) is 18.2 Å². The molecule has 0 saturated heterocycles. The Balaban J connectivity index is 2.94. The highest BCUT2D eigenvalue weighted by atomic mass is 16.5. The van der Waals surface area contributed by atoms with Gasteiger partial charge in [-0.1, -0.05) is 13.8 Å². The first-order valence-electron chi connectivity index (χ1n) is 6.26. The van der Waals surface area contributed by atoms with Crippen LogP contribution >= 0.6 is 0 Å². The highest BCUT2D eigenvalue weighted by molar-refractivity contribution is 5.94. The Bertz CT molecular complexity index is 433. The monoisotopic (exact) mass is 266 g/mol. The van der Waals surface area contributed by atoms with Gasteiger partial charge in [0, 0.05) is 12.6 Å². The molecule has 0 aliphatic rings. The van der Waals surface area contributed by atoms with Gasteiger partial charge in [-0.15, -0.1) is 0 Å². The second-order valence-corrected chi connectivity index (χ2v) is 4.64. The number of ether oxygens (including phenoxy) is 2.